The van der Waals surface area contributed by atoms with E-state index < -0.39 is 6.09 Å². The van der Waals surface area contributed by atoms with Gasteiger partial charge in [-0.2, -0.15) is 0 Å². The van der Waals surface area contributed by atoms with E-state index in [-0.39, 0.29) is 0 Å². The normalized spacial score (nSPS) is 16.8. The molecule has 1 heterocycles. The third-order valence-electron chi connectivity index (χ3n) is 3.23. The molecule has 0 aliphatic carbocycles. The van der Waals surface area contributed by atoms with Crippen LogP contribution in [0.2, 0.25) is 0 Å². The van der Waals surface area contributed by atoms with E-state index in [4.69, 9.17) is 16.7 Å². The molecular weight excluding hydrogens is 252 g/mol. The number of hydrogen-bond acceptors (Lipinski definition) is 2. The third kappa shape index (κ3) is 3.37. The molecule has 1 aliphatic rings. The number of carbonyl (C=O) groups is 1. The van der Waals surface area contributed by atoms with Gasteiger partial charge in [0.05, 0.1) is 0 Å². The molecule has 18 heavy (non-hydrogen) atoms. The Morgan fingerprint density at radius 3 is 2.17 bits per heavy atom. The van der Waals surface area contributed by atoms with Crippen molar-refractivity contribution in [2.24, 2.45) is 0 Å². The first-order valence-electron chi connectivity index (χ1n) is 6.03. The van der Waals surface area contributed by atoms with Crippen molar-refractivity contribution in [3.05, 3.63) is 35.4 Å². The summed E-state index contributed by atoms with van der Waals surface area (Å²) in [7, 11) is 0. The molecule has 1 N–H and O–H groups in total. The first-order chi connectivity index (χ1) is 8.69. The molecule has 0 saturated carbocycles. The van der Waals surface area contributed by atoms with E-state index in [0.29, 0.717) is 19.0 Å². The summed E-state index contributed by atoms with van der Waals surface area (Å²) in [4.78, 5) is 14.5. The van der Waals surface area contributed by atoms with E-state index in [1.54, 1.807) is 0 Å². The van der Waals surface area contributed by atoms with Crippen LogP contribution in [-0.4, -0.2) is 47.2 Å². The number of benzene rings is 1. The lowest BCUT2D eigenvalue weighted by atomic mass is 10.1. The fourth-order valence-corrected chi connectivity index (χ4v) is 2.27. The van der Waals surface area contributed by atoms with Crippen molar-refractivity contribution in [2.75, 3.05) is 26.2 Å². The second-order valence-electron chi connectivity index (χ2n) is 4.50. The predicted molar refractivity (Wildman–Crippen MR) is 70.9 cm³/mol. The van der Waals surface area contributed by atoms with Crippen LogP contribution in [0.1, 0.15) is 11.1 Å². The first kappa shape index (κ1) is 13.2. The monoisotopic (exact) mass is 268 g/mol. The fraction of sp³-hybridized carbons (Fsp3) is 0.462. The molecule has 0 radical (unpaired) electrons. The van der Waals surface area contributed by atoms with Gasteiger partial charge in [-0.05, 0) is 11.1 Å². The molecular formula is C13H17ClN2O2. The zero-order chi connectivity index (χ0) is 13.0. The van der Waals surface area contributed by atoms with E-state index in [9.17, 15) is 4.79 Å². The molecule has 0 spiro atoms. The number of amides is 1. The maximum atomic E-state index is 10.8. The molecule has 5 heteroatoms. The van der Waals surface area contributed by atoms with Crippen molar-refractivity contribution in [1.82, 2.24) is 9.80 Å². The maximum absolute atomic E-state index is 10.8. The minimum atomic E-state index is -0.818. The SMILES string of the molecule is O=C(O)N1CCN(Cc2ccc(CCl)cc2)CC1. The van der Waals surface area contributed by atoms with Gasteiger partial charge < -0.3 is 10.0 Å². The zero-order valence-electron chi connectivity index (χ0n) is 10.2. The van der Waals surface area contributed by atoms with Crippen LogP contribution in [0.15, 0.2) is 24.3 Å². The molecule has 4 nitrogen and oxygen atoms in total. The number of rotatable bonds is 3. The number of carboxylic acid groups (broad SMARTS) is 1. The van der Waals surface area contributed by atoms with Crippen molar-refractivity contribution < 1.29 is 9.90 Å². The number of nitrogens with zero attached hydrogens (tertiary/aromatic N) is 2. The van der Waals surface area contributed by atoms with Gasteiger partial charge in [0.2, 0.25) is 0 Å². The lowest BCUT2D eigenvalue weighted by Gasteiger charge is -2.33. The molecule has 1 fully saturated rings. The van der Waals surface area contributed by atoms with Gasteiger partial charge in [-0.3, -0.25) is 4.90 Å². The van der Waals surface area contributed by atoms with Crippen LogP contribution in [-0.2, 0) is 12.4 Å². The second kappa shape index (κ2) is 6.07. The summed E-state index contributed by atoms with van der Waals surface area (Å²) in [6, 6.07) is 8.24. The molecule has 0 bridgehead atoms. The van der Waals surface area contributed by atoms with E-state index in [0.717, 1.165) is 25.2 Å². The summed E-state index contributed by atoms with van der Waals surface area (Å²) in [6.45, 7) is 3.65. The smallest absolute Gasteiger partial charge is 0.407 e. The van der Waals surface area contributed by atoms with Crippen molar-refractivity contribution >= 4 is 17.7 Å². The van der Waals surface area contributed by atoms with Crippen molar-refractivity contribution in [3.63, 3.8) is 0 Å². The average Bonchev–Trinajstić information content (AvgIpc) is 2.40. The van der Waals surface area contributed by atoms with Crippen LogP contribution >= 0.6 is 11.6 Å². The molecule has 98 valence electrons. The van der Waals surface area contributed by atoms with Crippen LogP contribution in [0.3, 0.4) is 0 Å². The molecule has 0 unspecified atom stereocenters. The number of hydrogen-bond donors (Lipinski definition) is 1. The Bertz CT molecular complexity index is 400. The lowest BCUT2D eigenvalue weighted by Crippen LogP contribution is -2.47. The van der Waals surface area contributed by atoms with E-state index >= 15 is 0 Å². The highest BCUT2D eigenvalue weighted by Crippen LogP contribution is 2.11. The quantitative estimate of drug-likeness (QED) is 0.855. The third-order valence-corrected chi connectivity index (χ3v) is 3.53. The van der Waals surface area contributed by atoms with Gasteiger partial charge in [-0.15, -0.1) is 11.6 Å². The minimum Gasteiger partial charge on any atom is -0.465 e. The van der Waals surface area contributed by atoms with Gasteiger partial charge in [-0.25, -0.2) is 4.79 Å². The predicted octanol–water partition coefficient (Wildman–Crippen LogP) is 2.22. The second-order valence-corrected chi connectivity index (χ2v) is 4.76. The molecule has 0 atom stereocenters. The van der Waals surface area contributed by atoms with Gasteiger partial charge in [-0.1, -0.05) is 24.3 Å². The summed E-state index contributed by atoms with van der Waals surface area (Å²) in [5, 5.41) is 8.87. The standard InChI is InChI=1S/C13H17ClN2O2/c14-9-11-1-3-12(4-2-11)10-15-5-7-16(8-6-15)13(17)18/h1-4H,5-10H2,(H,17,18). The van der Waals surface area contributed by atoms with Crippen molar-refractivity contribution in [3.8, 4) is 0 Å². The van der Waals surface area contributed by atoms with Crippen LogP contribution in [0.25, 0.3) is 0 Å². The maximum Gasteiger partial charge on any atom is 0.407 e. The minimum absolute atomic E-state index is 0.539. The van der Waals surface area contributed by atoms with Crippen molar-refractivity contribution in [1.29, 1.82) is 0 Å². The van der Waals surface area contributed by atoms with Gasteiger partial charge >= 0.3 is 6.09 Å². The van der Waals surface area contributed by atoms with Crippen LogP contribution in [0, 0.1) is 0 Å². The van der Waals surface area contributed by atoms with Crippen LogP contribution < -0.4 is 0 Å². The van der Waals surface area contributed by atoms with Gasteiger partial charge in [0.25, 0.3) is 0 Å². The molecule has 1 aromatic carbocycles. The summed E-state index contributed by atoms with van der Waals surface area (Å²) < 4.78 is 0. The molecule has 1 saturated heterocycles. The highest BCUT2D eigenvalue weighted by molar-refractivity contribution is 6.17. The summed E-state index contributed by atoms with van der Waals surface area (Å²) in [5.74, 6) is 0.539. The first-order valence-corrected chi connectivity index (χ1v) is 6.56. The summed E-state index contributed by atoms with van der Waals surface area (Å²) in [5.41, 5.74) is 2.36. The Hall–Kier alpha value is -1.26. The van der Waals surface area contributed by atoms with E-state index in [2.05, 4.69) is 17.0 Å². The van der Waals surface area contributed by atoms with E-state index in [1.165, 1.54) is 10.5 Å². The van der Waals surface area contributed by atoms with Gasteiger partial charge in [0.15, 0.2) is 0 Å². The molecule has 0 aromatic heterocycles. The average molecular weight is 269 g/mol. The Balaban J connectivity index is 1.85. The fourth-order valence-electron chi connectivity index (χ4n) is 2.09. The Labute approximate surface area is 112 Å². The highest BCUT2D eigenvalue weighted by atomic mass is 35.5. The summed E-state index contributed by atoms with van der Waals surface area (Å²) in [6.07, 6.45) is -0.818. The topological polar surface area (TPSA) is 43.8 Å². The van der Waals surface area contributed by atoms with Gasteiger partial charge in [0.1, 0.15) is 0 Å². The molecule has 1 aliphatic heterocycles. The largest absolute Gasteiger partial charge is 0.465 e. The molecule has 2 rings (SSSR count). The van der Waals surface area contributed by atoms with Gasteiger partial charge in [0, 0.05) is 38.6 Å². The summed E-state index contributed by atoms with van der Waals surface area (Å²) >= 11 is 5.75. The van der Waals surface area contributed by atoms with Crippen molar-refractivity contribution in [2.45, 2.75) is 12.4 Å². The Morgan fingerprint density at radius 2 is 1.67 bits per heavy atom. The lowest BCUT2D eigenvalue weighted by molar-refractivity contribution is 0.103. The Morgan fingerprint density at radius 1 is 1.11 bits per heavy atom. The molecule has 1 amide bonds. The Kier molecular flexibility index (Phi) is 4.44. The van der Waals surface area contributed by atoms with Crippen LogP contribution in [0.4, 0.5) is 4.79 Å². The zero-order valence-corrected chi connectivity index (χ0v) is 10.9. The van der Waals surface area contributed by atoms with Crippen LogP contribution in [0.5, 0.6) is 0 Å². The number of alkyl halides is 1. The number of piperazine rings is 1. The molecule has 1 aromatic rings. The van der Waals surface area contributed by atoms with E-state index in [1.807, 2.05) is 12.1 Å². The highest BCUT2D eigenvalue weighted by Gasteiger charge is 2.19. The number of halogens is 1.